The molecule has 0 aromatic heterocycles. The van der Waals surface area contributed by atoms with E-state index in [0.717, 1.165) is 12.8 Å². The Morgan fingerprint density at radius 2 is 1.73 bits per heavy atom. The molecule has 0 aliphatic rings. The highest BCUT2D eigenvalue weighted by atomic mass is 16.5. The molecule has 3 nitrogen and oxygen atoms in total. The second-order valence-corrected chi connectivity index (χ2v) is 4.06. The van der Waals surface area contributed by atoms with Crippen LogP contribution in [0, 0.1) is 0 Å². The molecule has 0 saturated heterocycles. The molecular weight excluding hydrogens is 190 g/mol. The number of nitrogens with two attached hydrogens (primary N) is 1. The fraction of sp³-hybridized carbons (Fsp3) is 0.917. The first-order chi connectivity index (χ1) is 7.10. The standard InChI is InChI=1S/C12H25NO2/c1-4-7-8-9-10-15-11(14)12(13,5-2)6-3/h4-10,13H2,1-3H3. The van der Waals surface area contributed by atoms with Crippen LogP contribution in [0.25, 0.3) is 0 Å². The van der Waals surface area contributed by atoms with Crippen LogP contribution in [-0.2, 0) is 9.53 Å². The average Bonchev–Trinajstić information content (AvgIpc) is 2.27. The third-order valence-electron chi connectivity index (χ3n) is 2.90. The molecule has 0 aromatic rings. The zero-order valence-electron chi connectivity index (χ0n) is 10.3. The van der Waals surface area contributed by atoms with Gasteiger partial charge in [0.1, 0.15) is 5.54 Å². The predicted molar refractivity (Wildman–Crippen MR) is 62.6 cm³/mol. The van der Waals surface area contributed by atoms with E-state index < -0.39 is 5.54 Å². The van der Waals surface area contributed by atoms with Crippen molar-refractivity contribution in [2.24, 2.45) is 5.73 Å². The van der Waals surface area contributed by atoms with E-state index in [2.05, 4.69) is 6.92 Å². The Kier molecular flexibility index (Phi) is 7.39. The SMILES string of the molecule is CCCCCCOC(=O)C(N)(CC)CC. The number of unbranched alkanes of at least 4 members (excludes halogenated alkanes) is 3. The number of carbonyl (C=O) groups excluding carboxylic acids is 1. The van der Waals surface area contributed by atoms with Crippen molar-refractivity contribution in [3.8, 4) is 0 Å². The van der Waals surface area contributed by atoms with E-state index in [1.54, 1.807) is 0 Å². The largest absolute Gasteiger partial charge is 0.464 e. The van der Waals surface area contributed by atoms with Gasteiger partial charge in [-0.2, -0.15) is 0 Å². The molecule has 0 atom stereocenters. The molecule has 90 valence electrons. The predicted octanol–water partition coefficient (Wildman–Crippen LogP) is 2.63. The highest BCUT2D eigenvalue weighted by molar-refractivity contribution is 5.80. The molecule has 2 N–H and O–H groups in total. The van der Waals surface area contributed by atoms with E-state index in [1.165, 1.54) is 12.8 Å². The molecular formula is C12H25NO2. The fourth-order valence-electron chi connectivity index (χ4n) is 1.38. The van der Waals surface area contributed by atoms with Gasteiger partial charge in [0.05, 0.1) is 6.61 Å². The smallest absolute Gasteiger partial charge is 0.326 e. The summed E-state index contributed by atoms with van der Waals surface area (Å²) in [5.41, 5.74) is 5.13. The van der Waals surface area contributed by atoms with E-state index in [4.69, 9.17) is 10.5 Å². The first-order valence-electron chi connectivity index (χ1n) is 6.06. The first-order valence-corrected chi connectivity index (χ1v) is 6.06. The van der Waals surface area contributed by atoms with Crippen LogP contribution in [-0.4, -0.2) is 18.1 Å². The van der Waals surface area contributed by atoms with Crippen LogP contribution in [0.15, 0.2) is 0 Å². The van der Waals surface area contributed by atoms with Crippen molar-refractivity contribution in [2.45, 2.75) is 64.8 Å². The highest BCUT2D eigenvalue weighted by Crippen LogP contribution is 2.13. The van der Waals surface area contributed by atoms with Crippen molar-refractivity contribution in [1.29, 1.82) is 0 Å². The van der Waals surface area contributed by atoms with Gasteiger partial charge in [0.25, 0.3) is 0 Å². The van der Waals surface area contributed by atoms with E-state index in [0.29, 0.717) is 19.4 Å². The van der Waals surface area contributed by atoms with Gasteiger partial charge in [0.2, 0.25) is 0 Å². The average molecular weight is 215 g/mol. The molecule has 0 saturated carbocycles. The lowest BCUT2D eigenvalue weighted by molar-refractivity contribution is -0.150. The van der Waals surface area contributed by atoms with Gasteiger partial charge in [-0.25, -0.2) is 0 Å². The van der Waals surface area contributed by atoms with Crippen LogP contribution in [0.1, 0.15) is 59.3 Å². The summed E-state index contributed by atoms with van der Waals surface area (Å²) in [6, 6.07) is 0. The number of esters is 1. The topological polar surface area (TPSA) is 52.3 Å². The summed E-state index contributed by atoms with van der Waals surface area (Å²) in [5.74, 6) is -0.246. The molecule has 0 unspecified atom stereocenters. The molecule has 0 bridgehead atoms. The quantitative estimate of drug-likeness (QED) is 0.500. The first kappa shape index (κ1) is 14.4. The number of carbonyl (C=O) groups is 1. The van der Waals surface area contributed by atoms with Gasteiger partial charge in [0.15, 0.2) is 0 Å². The molecule has 0 amide bonds. The maximum atomic E-state index is 11.6. The number of hydrogen-bond donors (Lipinski definition) is 1. The summed E-state index contributed by atoms with van der Waals surface area (Å²) in [6.07, 6.45) is 5.74. The van der Waals surface area contributed by atoms with Crippen LogP contribution < -0.4 is 5.73 Å². The lowest BCUT2D eigenvalue weighted by Crippen LogP contribution is -2.48. The molecule has 0 aromatic carbocycles. The minimum absolute atomic E-state index is 0.246. The fourth-order valence-corrected chi connectivity index (χ4v) is 1.38. The Labute approximate surface area is 93.4 Å². The van der Waals surface area contributed by atoms with Crippen LogP contribution in [0.5, 0.6) is 0 Å². The minimum atomic E-state index is -0.773. The van der Waals surface area contributed by atoms with Crippen LogP contribution in [0.3, 0.4) is 0 Å². The zero-order chi connectivity index (χ0) is 11.7. The van der Waals surface area contributed by atoms with E-state index in [9.17, 15) is 4.79 Å². The highest BCUT2D eigenvalue weighted by Gasteiger charge is 2.31. The molecule has 0 spiro atoms. The summed E-state index contributed by atoms with van der Waals surface area (Å²) < 4.78 is 5.17. The van der Waals surface area contributed by atoms with Crippen LogP contribution in [0.4, 0.5) is 0 Å². The minimum Gasteiger partial charge on any atom is -0.464 e. The van der Waals surface area contributed by atoms with E-state index in [-0.39, 0.29) is 5.97 Å². The van der Waals surface area contributed by atoms with Gasteiger partial charge >= 0.3 is 5.97 Å². The second-order valence-electron chi connectivity index (χ2n) is 4.06. The lowest BCUT2D eigenvalue weighted by Gasteiger charge is -2.23. The van der Waals surface area contributed by atoms with Gasteiger partial charge in [-0.3, -0.25) is 4.79 Å². The van der Waals surface area contributed by atoms with Gasteiger partial charge in [0, 0.05) is 0 Å². The summed E-state index contributed by atoms with van der Waals surface area (Å²) >= 11 is 0. The number of hydrogen-bond acceptors (Lipinski definition) is 3. The lowest BCUT2D eigenvalue weighted by atomic mass is 9.95. The molecule has 3 heteroatoms. The monoisotopic (exact) mass is 215 g/mol. The van der Waals surface area contributed by atoms with E-state index in [1.807, 2.05) is 13.8 Å². The number of ether oxygens (including phenoxy) is 1. The van der Waals surface area contributed by atoms with Crippen molar-refractivity contribution >= 4 is 5.97 Å². The van der Waals surface area contributed by atoms with Gasteiger partial charge < -0.3 is 10.5 Å². The molecule has 0 aliphatic carbocycles. The van der Waals surface area contributed by atoms with Gasteiger partial charge in [-0.05, 0) is 19.3 Å². The van der Waals surface area contributed by atoms with Crippen LogP contribution >= 0.6 is 0 Å². The van der Waals surface area contributed by atoms with Crippen molar-refractivity contribution in [1.82, 2.24) is 0 Å². The third kappa shape index (κ3) is 5.17. The maximum absolute atomic E-state index is 11.6. The van der Waals surface area contributed by atoms with Crippen molar-refractivity contribution in [3.63, 3.8) is 0 Å². The number of rotatable bonds is 8. The van der Waals surface area contributed by atoms with Gasteiger partial charge in [-0.15, -0.1) is 0 Å². The summed E-state index contributed by atoms with van der Waals surface area (Å²) in [7, 11) is 0. The molecule has 0 rings (SSSR count). The van der Waals surface area contributed by atoms with Crippen LogP contribution in [0.2, 0.25) is 0 Å². The van der Waals surface area contributed by atoms with Crippen molar-refractivity contribution in [2.75, 3.05) is 6.61 Å². The Morgan fingerprint density at radius 3 is 2.20 bits per heavy atom. The molecule has 0 aliphatic heterocycles. The van der Waals surface area contributed by atoms with Gasteiger partial charge in [-0.1, -0.05) is 40.0 Å². The third-order valence-corrected chi connectivity index (χ3v) is 2.90. The molecule has 15 heavy (non-hydrogen) atoms. The zero-order valence-corrected chi connectivity index (χ0v) is 10.3. The normalized spacial score (nSPS) is 11.5. The maximum Gasteiger partial charge on any atom is 0.326 e. The summed E-state index contributed by atoms with van der Waals surface area (Å²) in [6.45, 7) is 6.51. The summed E-state index contributed by atoms with van der Waals surface area (Å²) in [5, 5.41) is 0. The Bertz CT molecular complexity index is 176. The molecule has 0 fully saturated rings. The Morgan fingerprint density at radius 1 is 1.13 bits per heavy atom. The Hall–Kier alpha value is -0.570. The van der Waals surface area contributed by atoms with Crippen molar-refractivity contribution < 1.29 is 9.53 Å². The second kappa shape index (κ2) is 7.69. The molecule has 0 radical (unpaired) electrons. The summed E-state index contributed by atoms with van der Waals surface area (Å²) in [4.78, 5) is 11.6. The van der Waals surface area contributed by atoms with Crippen molar-refractivity contribution in [3.05, 3.63) is 0 Å². The molecule has 0 heterocycles. The van der Waals surface area contributed by atoms with E-state index >= 15 is 0 Å². The Balaban J connectivity index is 3.73.